The van der Waals surface area contributed by atoms with E-state index >= 15 is 0 Å². The van der Waals surface area contributed by atoms with Crippen LogP contribution in [0, 0.1) is 0 Å². The number of nitrogens with one attached hydrogen (secondary N) is 1. The molecule has 5 nitrogen and oxygen atoms in total. The Kier molecular flexibility index (Phi) is 12.4. The number of Topliss-reactive ketones (excluding diaryl/α,β-unsaturated/α-hetero) is 1. The van der Waals surface area contributed by atoms with Crippen LogP contribution >= 0.6 is 0 Å². The number of amides is 1. The first kappa shape index (κ1) is 26.9. The van der Waals surface area contributed by atoms with Crippen LogP contribution in [0.5, 0.6) is 0 Å². The molecule has 0 saturated carbocycles. The summed E-state index contributed by atoms with van der Waals surface area (Å²) < 4.78 is 26.6. The molecule has 1 aliphatic heterocycles. The van der Waals surface area contributed by atoms with Crippen LogP contribution in [0.1, 0.15) is 105 Å². The van der Waals surface area contributed by atoms with Crippen LogP contribution < -0.4 is 4.72 Å². The molecule has 7 heteroatoms. The molecule has 1 saturated heterocycles. The number of rotatable bonds is 16. The third-order valence-electron chi connectivity index (χ3n) is 5.94. The van der Waals surface area contributed by atoms with E-state index in [0.717, 1.165) is 30.8 Å². The van der Waals surface area contributed by atoms with Crippen molar-refractivity contribution in [2.45, 2.75) is 84.0 Å². The Bertz CT molecular complexity index is 800. The monoisotopic (exact) mass is 482 g/mol. The highest BCUT2D eigenvalue weighted by Crippen LogP contribution is 2.16. The molecule has 0 aliphatic carbocycles. The molecule has 0 atom stereocenters. The summed E-state index contributed by atoms with van der Waals surface area (Å²) in [4.78, 5) is 24.7. The first-order valence-electron chi connectivity index (χ1n) is 12.2. The van der Waals surface area contributed by atoms with Gasteiger partial charge in [0.05, 0.1) is 5.75 Å². The zero-order chi connectivity index (χ0) is 23.2. The van der Waals surface area contributed by atoms with Gasteiger partial charge in [0.25, 0.3) is 5.91 Å². The molecule has 180 valence electrons. The third kappa shape index (κ3) is 10.5. The quantitative estimate of drug-likeness (QED) is 0.198. The molecular formula is C25H40NO4S2+. The fourth-order valence-corrected chi connectivity index (χ4v) is 7.31. The number of sulfonamides is 1. The second-order valence-electron chi connectivity index (χ2n) is 8.80. The van der Waals surface area contributed by atoms with Crippen molar-refractivity contribution < 1.29 is 18.0 Å². The van der Waals surface area contributed by atoms with Crippen LogP contribution in [-0.4, -0.2) is 43.1 Å². The molecule has 1 aromatic rings. The highest BCUT2D eigenvalue weighted by Gasteiger charge is 2.27. The maximum Gasteiger partial charge on any atom is 0.264 e. The van der Waals surface area contributed by atoms with Crippen molar-refractivity contribution in [3.63, 3.8) is 0 Å². The average Bonchev–Trinajstić information content (AvgIpc) is 3.28. The van der Waals surface area contributed by atoms with Crippen LogP contribution in [0.25, 0.3) is 0 Å². The van der Waals surface area contributed by atoms with Crippen LogP contribution in [0.4, 0.5) is 0 Å². The van der Waals surface area contributed by atoms with E-state index in [4.69, 9.17) is 0 Å². The van der Waals surface area contributed by atoms with E-state index in [1.165, 1.54) is 63.5 Å². The Morgan fingerprint density at radius 1 is 0.812 bits per heavy atom. The lowest BCUT2D eigenvalue weighted by molar-refractivity contribution is 0.0977. The Balaban J connectivity index is 1.65. The van der Waals surface area contributed by atoms with Gasteiger partial charge >= 0.3 is 0 Å². The maximum absolute atomic E-state index is 12.4. The van der Waals surface area contributed by atoms with E-state index in [1.54, 1.807) is 12.1 Å². The van der Waals surface area contributed by atoms with Gasteiger partial charge in [-0.2, -0.15) is 0 Å². The Morgan fingerprint density at radius 2 is 1.31 bits per heavy atom. The van der Waals surface area contributed by atoms with E-state index in [9.17, 15) is 18.0 Å². The van der Waals surface area contributed by atoms with Crippen LogP contribution in [-0.2, 0) is 20.9 Å². The van der Waals surface area contributed by atoms with Gasteiger partial charge in [0.1, 0.15) is 11.5 Å². The molecule has 1 aliphatic rings. The van der Waals surface area contributed by atoms with Gasteiger partial charge in [-0.15, -0.1) is 0 Å². The van der Waals surface area contributed by atoms with Gasteiger partial charge in [-0.25, -0.2) is 13.1 Å². The lowest BCUT2D eigenvalue weighted by Crippen LogP contribution is -2.32. The summed E-state index contributed by atoms with van der Waals surface area (Å²) in [6.45, 7) is 2.22. The highest BCUT2D eigenvalue weighted by atomic mass is 32.2. The van der Waals surface area contributed by atoms with E-state index in [-0.39, 0.29) is 28.0 Å². The SMILES string of the molecule is CCCCCCCCCCCCS(=O)(=O)NC(=O)c1ccc(C(=O)C[S+]2CCCC2)cc1. The van der Waals surface area contributed by atoms with Gasteiger partial charge in [0.2, 0.25) is 15.8 Å². The topological polar surface area (TPSA) is 80.3 Å². The van der Waals surface area contributed by atoms with Crippen molar-refractivity contribution in [3.05, 3.63) is 35.4 Å². The van der Waals surface area contributed by atoms with E-state index < -0.39 is 15.9 Å². The van der Waals surface area contributed by atoms with Gasteiger partial charge in [-0.05, 0) is 42.3 Å². The fourth-order valence-electron chi connectivity index (χ4n) is 3.97. The number of unbranched alkanes of at least 4 members (excludes halogenated alkanes) is 9. The second kappa shape index (κ2) is 14.7. The number of hydrogen-bond acceptors (Lipinski definition) is 4. The van der Waals surface area contributed by atoms with Crippen LogP contribution in [0.3, 0.4) is 0 Å². The molecule has 1 aromatic carbocycles. The van der Waals surface area contributed by atoms with Gasteiger partial charge in [0, 0.05) is 11.1 Å². The smallest absolute Gasteiger partial charge is 0.264 e. The highest BCUT2D eigenvalue weighted by molar-refractivity contribution is 7.97. The van der Waals surface area contributed by atoms with Gasteiger partial charge < -0.3 is 0 Å². The van der Waals surface area contributed by atoms with Crippen LogP contribution in [0.2, 0.25) is 0 Å². The minimum absolute atomic E-state index is 0.0336. The molecule has 1 fully saturated rings. The number of carbonyl (C=O) groups is 2. The molecule has 0 unspecified atom stereocenters. The summed E-state index contributed by atoms with van der Waals surface area (Å²) in [5, 5.41) is 0. The number of hydrogen-bond donors (Lipinski definition) is 1. The number of ketones is 1. The summed E-state index contributed by atoms with van der Waals surface area (Å²) in [7, 11) is -3.45. The van der Waals surface area contributed by atoms with Crippen molar-refractivity contribution in [3.8, 4) is 0 Å². The summed E-state index contributed by atoms with van der Waals surface area (Å²) in [6.07, 6.45) is 13.7. The fraction of sp³-hybridized carbons (Fsp3) is 0.680. The summed E-state index contributed by atoms with van der Waals surface area (Å²) in [5.41, 5.74) is 0.852. The van der Waals surface area contributed by atoms with Crippen molar-refractivity contribution in [1.82, 2.24) is 4.72 Å². The van der Waals surface area contributed by atoms with E-state index in [0.29, 0.717) is 17.7 Å². The molecule has 1 heterocycles. The Hall–Kier alpha value is -1.34. The molecule has 32 heavy (non-hydrogen) atoms. The summed E-state index contributed by atoms with van der Waals surface area (Å²) >= 11 is 0. The molecule has 2 rings (SSSR count). The second-order valence-corrected chi connectivity index (χ2v) is 13.0. The lowest BCUT2D eigenvalue weighted by Gasteiger charge is -2.08. The van der Waals surface area contributed by atoms with Crippen molar-refractivity contribution in [2.24, 2.45) is 0 Å². The summed E-state index contributed by atoms with van der Waals surface area (Å²) in [6, 6.07) is 6.34. The number of benzene rings is 1. The Morgan fingerprint density at radius 3 is 1.88 bits per heavy atom. The molecule has 0 spiro atoms. The molecule has 0 radical (unpaired) electrons. The first-order chi connectivity index (χ1) is 15.4. The zero-order valence-corrected chi connectivity index (χ0v) is 21.2. The minimum Gasteiger partial charge on any atom is -0.289 e. The molecule has 0 aromatic heterocycles. The minimum atomic E-state index is -3.64. The number of carbonyl (C=O) groups excluding carboxylic acids is 2. The third-order valence-corrected chi connectivity index (χ3v) is 9.66. The molecular weight excluding hydrogens is 442 g/mol. The first-order valence-corrected chi connectivity index (χ1v) is 15.6. The normalized spacial score (nSPS) is 14.5. The Labute approximate surface area is 197 Å². The van der Waals surface area contributed by atoms with E-state index in [1.807, 2.05) is 0 Å². The van der Waals surface area contributed by atoms with Gasteiger partial charge in [-0.3, -0.25) is 9.59 Å². The van der Waals surface area contributed by atoms with Crippen molar-refractivity contribution in [1.29, 1.82) is 0 Å². The van der Waals surface area contributed by atoms with Gasteiger partial charge in [0.15, 0.2) is 5.75 Å². The van der Waals surface area contributed by atoms with E-state index in [2.05, 4.69) is 11.6 Å². The predicted octanol–water partition coefficient (Wildman–Crippen LogP) is 5.26. The van der Waals surface area contributed by atoms with Crippen molar-refractivity contribution >= 4 is 32.6 Å². The van der Waals surface area contributed by atoms with Crippen molar-refractivity contribution in [2.75, 3.05) is 23.0 Å². The van der Waals surface area contributed by atoms with Crippen LogP contribution in [0.15, 0.2) is 24.3 Å². The maximum atomic E-state index is 12.4. The molecule has 0 bridgehead atoms. The zero-order valence-electron chi connectivity index (χ0n) is 19.6. The standard InChI is InChI=1S/C25H39NO4S2/c1-2-3-4-5-6-7-8-9-10-13-20-32(29,30)26-25(28)23-16-14-22(15-17-23)24(27)21-31-18-11-12-19-31/h14-17H,2-13,18-21H2,1H3/p+1. The summed E-state index contributed by atoms with van der Waals surface area (Å²) in [5.74, 6) is 2.31. The lowest BCUT2D eigenvalue weighted by atomic mass is 10.1. The molecule has 1 N–H and O–H groups in total. The molecule has 1 amide bonds. The average molecular weight is 483 g/mol. The van der Waals surface area contributed by atoms with Gasteiger partial charge in [-0.1, -0.05) is 76.8 Å². The largest absolute Gasteiger partial charge is 0.289 e. The predicted molar refractivity (Wildman–Crippen MR) is 135 cm³/mol.